The van der Waals surface area contributed by atoms with E-state index in [1.807, 2.05) is 0 Å². The van der Waals surface area contributed by atoms with Gasteiger partial charge in [0.25, 0.3) is 21.8 Å². The number of nitrogens with one attached hydrogen (secondary N) is 3. The lowest BCUT2D eigenvalue weighted by Crippen LogP contribution is -2.31. The summed E-state index contributed by atoms with van der Waals surface area (Å²) in [6, 6.07) is 13.9. The Kier molecular flexibility index (Phi) is 6.66. The Morgan fingerprint density at radius 2 is 1.65 bits per heavy atom. The second-order valence-electron chi connectivity index (χ2n) is 7.46. The molecular formula is C23H21N3O6S2. The lowest BCUT2D eigenvalue weighted by atomic mass is 10.1. The maximum Gasteiger partial charge on any atom is 0.413 e. The molecule has 0 saturated heterocycles. The summed E-state index contributed by atoms with van der Waals surface area (Å²) in [6.45, 7) is 0. The van der Waals surface area contributed by atoms with Gasteiger partial charge in [-0.2, -0.15) is 0 Å². The monoisotopic (exact) mass is 499 g/mol. The van der Waals surface area contributed by atoms with Gasteiger partial charge in [0, 0.05) is 16.1 Å². The summed E-state index contributed by atoms with van der Waals surface area (Å²) in [4.78, 5) is 38.1. The van der Waals surface area contributed by atoms with Crippen LogP contribution in [0.4, 0.5) is 15.5 Å². The predicted octanol–water partition coefficient (Wildman–Crippen LogP) is 3.79. The number of thiophene rings is 1. The standard InChI is InChI=1S/C23H21N3O6S2/c1-32-23(29)25-21(28)19-17-8-5-9-18(17)33-22(19)24-20(27)14-10-12-15(13-11-14)26-34(30,31)16-6-3-2-4-7-16/h2-4,6-7,10-13,26H,5,8-9H2,1H3,(H,24,27)(H,25,28,29). The van der Waals surface area contributed by atoms with Crippen LogP contribution in [0, 0.1) is 0 Å². The van der Waals surface area contributed by atoms with E-state index in [9.17, 15) is 22.8 Å². The number of hydrogen-bond acceptors (Lipinski definition) is 7. The second-order valence-corrected chi connectivity index (χ2v) is 10.2. The Morgan fingerprint density at radius 3 is 2.32 bits per heavy atom. The Bertz CT molecular complexity index is 1350. The fourth-order valence-electron chi connectivity index (χ4n) is 3.62. The van der Waals surface area contributed by atoms with Gasteiger partial charge in [0.1, 0.15) is 5.00 Å². The van der Waals surface area contributed by atoms with Gasteiger partial charge in [-0.3, -0.25) is 19.6 Å². The third-order valence-electron chi connectivity index (χ3n) is 5.23. The summed E-state index contributed by atoms with van der Waals surface area (Å²) in [7, 11) is -2.59. The molecule has 1 aliphatic rings. The van der Waals surface area contributed by atoms with Crippen molar-refractivity contribution < 1.29 is 27.5 Å². The van der Waals surface area contributed by atoms with Crippen molar-refractivity contribution in [2.75, 3.05) is 17.1 Å². The van der Waals surface area contributed by atoms with Crippen LogP contribution in [0.25, 0.3) is 0 Å². The fraction of sp³-hybridized carbons (Fsp3) is 0.174. The number of imide groups is 1. The molecule has 4 rings (SSSR count). The van der Waals surface area contributed by atoms with Crippen molar-refractivity contribution in [3.8, 4) is 0 Å². The van der Waals surface area contributed by atoms with Crippen LogP contribution in [0.5, 0.6) is 0 Å². The molecule has 9 nitrogen and oxygen atoms in total. The molecule has 176 valence electrons. The molecule has 1 aliphatic carbocycles. The molecule has 3 aromatic rings. The fourth-order valence-corrected chi connectivity index (χ4v) is 5.98. The average molecular weight is 500 g/mol. The van der Waals surface area contributed by atoms with Gasteiger partial charge in [-0.1, -0.05) is 18.2 Å². The van der Waals surface area contributed by atoms with Crippen LogP contribution in [-0.4, -0.2) is 33.4 Å². The van der Waals surface area contributed by atoms with Gasteiger partial charge in [-0.15, -0.1) is 11.3 Å². The van der Waals surface area contributed by atoms with Crippen LogP contribution >= 0.6 is 11.3 Å². The lowest BCUT2D eigenvalue weighted by Gasteiger charge is -2.10. The minimum Gasteiger partial charge on any atom is -0.453 e. The second kappa shape index (κ2) is 9.65. The van der Waals surface area contributed by atoms with Crippen molar-refractivity contribution >= 4 is 50.0 Å². The van der Waals surface area contributed by atoms with Gasteiger partial charge in [-0.25, -0.2) is 13.2 Å². The van der Waals surface area contributed by atoms with E-state index < -0.39 is 27.9 Å². The molecule has 0 unspecified atom stereocenters. The van der Waals surface area contributed by atoms with Gasteiger partial charge >= 0.3 is 6.09 Å². The van der Waals surface area contributed by atoms with Crippen molar-refractivity contribution in [3.63, 3.8) is 0 Å². The number of hydrogen-bond donors (Lipinski definition) is 3. The maximum atomic E-state index is 12.8. The summed E-state index contributed by atoms with van der Waals surface area (Å²) < 4.78 is 31.9. The summed E-state index contributed by atoms with van der Waals surface area (Å²) in [5, 5.41) is 5.25. The van der Waals surface area contributed by atoms with E-state index in [4.69, 9.17) is 0 Å². The van der Waals surface area contributed by atoms with Crippen molar-refractivity contribution in [3.05, 3.63) is 76.2 Å². The number of methoxy groups -OCH3 is 1. The Hall–Kier alpha value is -3.70. The highest BCUT2D eigenvalue weighted by Gasteiger charge is 2.28. The third-order valence-corrected chi connectivity index (χ3v) is 7.83. The lowest BCUT2D eigenvalue weighted by molar-refractivity contribution is 0.0937. The van der Waals surface area contributed by atoms with Crippen LogP contribution in [0.3, 0.4) is 0 Å². The maximum absolute atomic E-state index is 12.8. The minimum absolute atomic E-state index is 0.125. The summed E-state index contributed by atoms with van der Waals surface area (Å²) in [5.74, 6) is -1.10. The van der Waals surface area contributed by atoms with Gasteiger partial charge in [0.2, 0.25) is 0 Å². The predicted molar refractivity (Wildman–Crippen MR) is 128 cm³/mol. The zero-order valence-corrected chi connectivity index (χ0v) is 19.7. The number of amides is 3. The van der Waals surface area contributed by atoms with Gasteiger partial charge in [0.15, 0.2) is 0 Å². The largest absolute Gasteiger partial charge is 0.453 e. The normalized spacial score (nSPS) is 12.5. The van der Waals surface area contributed by atoms with Crippen molar-refractivity contribution in [2.24, 2.45) is 0 Å². The van der Waals surface area contributed by atoms with Gasteiger partial charge < -0.3 is 10.1 Å². The number of alkyl carbamates (subject to hydrolysis) is 1. The van der Waals surface area contributed by atoms with Crippen LogP contribution in [0.2, 0.25) is 0 Å². The summed E-state index contributed by atoms with van der Waals surface area (Å²) >= 11 is 1.31. The number of ether oxygens (including phenoxy) is 1. The Labute approximate surface area is 200 Å². The zero-order valence-electron chi connectivity index (χ0n) is 18.1. The van der Waals surface area contributed by atoms with Crippen LogP contribution < -0.4 is 15.4 Å². The summed E-state index contributed by atoms with van der Waals surface area (Å²) in [5.41, 5.74) is 1.67. The van der Waals surface area contributed by atoms with Crippen molar-refractivity contribution in [2.45, 2.75) is 24.2 Å². The first kappa shape index (κ1) is 23.5. The molecule has 11 heteroatoms. The van der Waals surface area contributed by atoms with Crippen molar-refractivity contribution in [1.82, 2.24) is 5.32 Å². The number of benzene rings is 2. The zero-order chi connectivity index (χ0) is 24.3. The van der Waals surface area contributed by atoms with E-state index in [0.717, 1.165) is 30.4 Å². The molecule has 0 bridgehead atoms. The van der Waals surface area contributed by atoms with E-state index in [1.54, 1.807) is 18.2 Å². The number of rotatable bonds is 6. The Balaban J connectivity index is 1.50. The topological polar surface area (TPSA) is 131 Å². The molecule has 0 fully saturated rings. The highest BCUT2D eigenvalue weighted by Crippen LogP contribution is 2.39. The highest BCUT2D eigenvalue weighted by atomic mass is 32.2. The summed E-state index contributed by atoms with van der Waals surface area (Å²) in [6.07, 6.45) is 1.49. The number of fused-ring (bicyclic) bond motifs is 1. The average Bonchev–Trinajstić information content (AvgIpc) is 3.40. The quantitative estimate of drug-likeness (QED) is 0.473. The number of sulfonamides is 1. The van der Waals surface area contributed by atoms with E-state index >= 15 is 0 Å². The molecule has 1 aromatic heterocycles. The minimum atomic E-state index is -3.75. The number of aryl methyl sites for hydroxylation is 1. The van der Waals surface area contributed by atoms with E-state index in [-0.39, 0.29) is 16.0 Å². The molecule has 2 aromatic carbocycles. The van der Waals surface area contributed by atoms with Gasteiger partial charge in [-0.05, 0) is 61.2 Å². The molecule has 0 atom stereocenters. The molecular weight excluding hydrogens is 478 g/mol. The first-order chi connectivity index (χ1) is 16.3. The molecule has 0 radical (unpaired) electrons. The van der Waals surface area contributed by atoms with E-state index in [0.29, 0.717) is 17.1 Å². The van der Waals surface area contributed by atoms with E-state index in [1.165, 1.54) is 47.7 Å². The molecule has 3 N–H and O–H groups in total. The SMILES string of the molecule is COC(=O)NC(=O)c1c(NC(=O)c2ccc(NS(=O)(=O)c3ccccc3)cc2)sc2c1CCC2. The van der Waals surface area contributed by atoms with E-state index in [2.05, 4.69) is 20.1 Å². The molecule has 0 saturated carbocycles. The smallest absolute Gasteiger partial charge is 0.413 e. The van der Waals surface area contributed by atoms with Gasteiger partial charge in [0.05, 0.1) is 17.6 Å². The first-order valence-corrected chi connectivity index (χ1v) is 12.6. The first-order valence-electron chi connectivity index (χ1n) is 10.3. The molecule has 3 amide bonds. The van der Waals surface area contributed by atoms with Crippen LogP contribution in [-0.2, 0) is 27.6 Å². The number of carbonyl (C=O) groups excluding carboxylic acids is 3. The highest BCUT2D eigenvalue weighted by molar-refractivity contribution is 7.92. The number of anilines is 2. The van der Waals surface area contributed by atoms with Crippen LogP contribution in [0.15, 0.2) is 59.5 Å². The third kappa shape index (κ3) is 4.95. The number of carbonyl (C=O) groups is 3. The molecule has 34 heavy (non-hydrogen) atoms. The molecule has 0 spiro atoms. The Morgan fingerprint density at radius 1 is 0.941 bits per heavy atom. The molecule has 0 aliphatic heterocycles. The van der Waals surface area contributed by atoms with Crippen LogP contribution in [0.1, 0.15) is 37.6 Å². The molecule has 1 heterocycles. The van der Waals surface area contributed by atoms with Crippen molar-refractivity contribution in [1.29, 1.82) is 0 Å².